The van der Waals surface area contributed by atoms with Crippen LogP contribution in [0.15, 0.2) is 17.0 Å². The summed E-state index contributed by atoms with van der Waals surface area (Å²) in [6.07, 6.45) is 0. The minimum Gasteiger partial charge on any atom is -0.324 e. The molecule has 1 aromatic carbocycles. The number of aromatic nitrogens is 3. The summed E-state index contributed by atoms with van der Waals surface area (Å²) in [7, 11) is 0. The lowest BCUT2D eigenvalue weighted by Crippen LogP contribution is -2.18. The minimum absolute atomic E-state index is 0.0327. The van der Waals surface area contributed by atoms with Crippen molar-refractivity contribution < 1.29 is 4.79 Å². The van der Waals surface area contributed by atoms with E-state index in [1.165, 1.54) is 11.8 Å². The Labute approximate surface area is 83.3 Å². The normalized spacial score (nSPS) is 15.3. The number of nitrogens with zero attached hydrogens (tertiary/aromatic N) is 2. The van der Waals surface area contributed by atoms with Crippen LogP contribution in [0.5, 0.6) is 0 Å². The van der Waals surface area contributed by atoms with Gasteiger partial charge in [0.1, 0.15) is 11.0 Å². The highest BCUT2D eigenvalue weighted by Gasteiger charge is 2.16. The third kappa shape index (κ3) is 1.07. The lowest BCUT2D eigenvalue weighted by molar-refractivity contribution is -0.113. The smallest absolute Gasteiger partial charge is 0.234 e. The zero-order valence-electron chi connectivity index (χ0n) is 7.07. The lowest BCUT2D eigenvalue weighted by atomic mass is 10.2. The van der Waals surface area contributed by atoms with Crippen LogP contribution in [0.2, 0.25) is 0 Å². The van der Waals surface area contributed by atoms with Crippen LogP contribution in [-0.2, 0) is 4.79 Å². The van der Waals surface area contributed by atoms with E-state index in [1.807, 2.05) is 12.1 Å². The number of carbonyl (C=O) groups is 1. The molecule has 1 amide bonds. The van der Waals surface area contributed by atoms with Gasteiger partial charge in [0, 0.05) is 4.90 Å². The number of carbonyl (C=O) groups excluding carboxylic acids is 1. The lowest BCUT2D eigenvalue weighted by Gasteiger charge is -2.15. The molecular weight excluding hydrogens is 200 g/mol. The van der Waals surface area contributed by atoms with E-state index in [1.54, 1.807) is 0 Å². The number of hydrogen-bond acceptors (Lipinski definition) is 4. The van der Waals surface area contributed by atoms with Crippen molar-refractivity contribution in [1.82, 2.24) is 15.4 Å². The number of H-pyrrole nitrogens is 1. The molecule has 70 valence electrons. The highest BCUT2D eigenvalue weighted by molar-refractivity contribution is 8.00. The molecule has 2 heterocycles. The first-order valence-corrected chi connectivity index (χ1v) is 5.09. The van der Waals surface area contributed by atoms with E-state index >= 15 is 0 Å². The molecule has 0 saturated carbocycles. The van der Waals surface area contributed by atoms with Gasteiger partial charge in [-0.25, -0.2) is 0 Å². The second kappa shape index (κ2) is 2.71. The Balaban J connectivity index is 2.24. The maximum atomic E-state index is 11.1. The molecule has 1 aliphatic heterocycles. The predicted octanol–water partition coefficient (Wildman–Crippen LogP) is 1.00. The van der Waals surface area contributed by atoms with Crippen molar-refractivity contribution in [3.63, 3.8) is 0 Å². The second-order valence-corrected chi connectivity index (χ2v) is 4.01. The van der Waals surface area contributed by atoms with Gasteiger partial charge in [-0.15, -0.1) is 11.8 Å². The number of rotatable bonds is 0. The summed E-state index contributed by atoms with van der Waals surface area (Å²) in [4.78, 5) is 12.2. The maximum Gasteiger partial charge on any atom is 0.234 e. The molecule has 0 saturated heterocycles. The van der Waals surface area contributed by atoms with Crippen molar-refractivity contribution in [2.24, 2.45) is 0 Å². The van der Waals surface area contributed by atoms with Gasteiger partial charge < -0.3 is 5.32 Å². The van der Waals surface area contributed by atoms with Crippen molar-refractivity contribution in [3.8, 4) is 0 Å². The summed E-state index contributed by atoms with van der Waals surface area (Å²) >= 11 is 1.52. The number of amides is 1. The molecule has 0 spiro atoms. The second-order valence-electron chi connectivity index (χ2n) is 3.00. The first-order valence-electron chi connectivity index (χ1n) is 4.10. The van der Waals surface area contributed by atoms with Crippen LogP contribution >= 0.6 is 11.8 Å². The highest BCUT2D eigenvalue weighted by atomic mass is 32.2. The maximum absolute atomic E-state index is 11.1. The average Bonchev–Trinajstić information content (AvgIpc) is 2.61. The molecule has 2 aromatic rings. The number of hydrogen-bond donors (Lipinski definition) is 2. The van der Waals surface area contributed by atoms with Crippen molar-refractivity contribution in [2.75, 3.05) is 11.1 Å². The van der Waals surface area contributed by atoms with E-state index in [2.05, 4.69) is 20.7 Å². The van der Waals surface area contributed by atoms with Gasteiger partial charge in [0.15, 0.2) is 0 Å². The molecule has 0 aliphatic carbocycles. The summed E-state index contributed by atoms with van der Waals surface area (Å²) in [5.74, 6) is 0.501. The Morgan fingerprint density at radius 3 is 2.93 bits per heavy atom. The monoisotopic (exact) mass is 206 g/mol. The zero-order valence-corrected chi connectivity index (χ0v) is 7.89. The van der Waals surface area contributed by atoms with E-state index in [0.717, 1.165) is 21.6 Å². The largest absolute Gasteiger partial charge is 0.324 e. The molecular formula is C8H6N4OS. The molecule has 0 atom stereocenters. The summed E-state index contributed by atoms with van der Waals surface area (Å²) in [6, 6.07) is 3.76. The van der Waals surface area contributed by atoms with Crippen LogP contribution in [0.1, 0.15) is 0 Å². The van der Waals surface area contributed by atoms with Gasteiger partial charge in [0.05, 0.1) is 11.4 Å². The van der Waals surface area contributed by atoms with Gasteiger partial charge in [-0.2, -0.15) is 15.4 Å². The molecule has 0 radical (unpaired) electrons. The zero-order chi connectivity index (χ0) is 9.54. The number of aromatic amines is 1. The average molecular weight is 206 g/mol. The molecule has 0 bridgehead atoms. The summed E-state index contributed by atoms with van der Waals surface area (Å²) < 4.78 is 0. The van der Waals surface area contributed by atoms with E-state index in [4.69, 9.17) is 0 Å². The van der Waals surface area contributed by atoms with Crippen LogP contribution in [0.4, 0.5) is 5.69 Å². The van der Waals surface area contributed by atoms with Gasteiger partial charge in [-0.05, 0) is 12.1 Å². The van der Waals surface area contributed by atoms with Crippen molar-refractivity contribution in [3.05, 3.63) is 12.1 Å². The van der Waals surface area contributed by atoms with E-state index < -0.39 is 0 Å². The molecule has 1 aromatic heterocycles. The molecule has 3 rings (SSSR count). The number of thioether (sulfide) groups is 1. The quantitative estimate of drug-likeness (QED) is 0.674. The van der Waals surface area contributed by atoms with E-state index in [0.29, 0.717) is 5.75 Å². The number of benzene rings is 1. The Hall–Kier alpha value is -1.56. The molecule has 1 aliphatic rings. The van der Waals surface area contributed by atoms with Crippen LogP contribution in [0.25, 0.3) is 11.0 Å². The van der Waals surface area contributed by atoms with Crippen LogP contribution in [-0.4, -0.2) is 27.1 Å². The molecule has 0 unspecified atom stereocenters. The first kappa shape index (κ1) is 7.81. The van der Waals surface area contributed by atoms with Gasteiger partial charge in [-0.1, -0.05) is 0 Å². The Bertz CT molecular complexity index is 521. The van der Waals surface area contributed by atoms with Gasteiger partial charge >= 0.3 is 0 Å². The van der Waals surface area contributed by atoms with Gasteiger partial charge in [-0.3, -0.25) is 4.79 Å². The van der Waals surface area contributed by atoms with Gasteiger partial charge in [0.2, 0.25) is 5.91 Å². The highest BCUT2D eigenvalue weighted by Crippen LogP contribution is 2.33. The molecule has 6 heteroatoms. The molecule has 0 fully saturated rings. The van der Waals surface area contributed by atoms with Gasteiger partial charge in [0.25, 0.3) is 0 Å². The fourth-order valence-corrected chi connectivity index (χ4v) is 2.24. The summed E-state index contributed by atoms with van der Waals surface area (Å²) in [5.41, 5.74) is 2.42. The standard InChI is InChI=1S/C8H6N4OS/c13-8-3-14-7-2-5-4(10-12-11-5)1-6(7)9-8/h1-2H,3H2,(H,9,13)(H,10,11,12). The third-order valence-electron chi connectivity index (χ3n) is 2.05. The first-order chi connectivity index (χ1) is 6.83. The fraction of sp³-hybridized carbons (Fsp3) is 0.125. The Kier molecular flexibility index (Phi) is 1.51. The van der Waals surface area contributed by atoms with Crippen LogP contribution < -0.4 is 5.32 Å². The molecule has 5 nitrogen and oxygen atoms in total. The topological polar surface area (TPSA) is 70.7 Å². The Morgan fingerprint density at radius 2 is 2.07 bits per heavy atom. The molecule has 14 heavy (non-hydrogen) atoms. The summed E-state index contributed by atoms with van der Waals surface area (Å²) in [6.45, 7) is 0. The minimum atomic E-state index is 0.0327. The van der Waals surface area contributed by atoms with Crippen molar-refractivity contribution in [1.29, 1.82) is 0 Å². The third-order valence-corrected chi connectivity index (χ3v) is 3.11. The van der Waals surface area contributed by atoms with E-state index in [-0.39, 0.29) is 5.91 Å². The SMILES string of the molecule is O=C1CSc2cc3n[nH]nc3cc2N1. The van der Waals surface area contributed by atoms with Crippen molar-refractivity contribution >= 4 is 34.4 Å². The van der Waals surface area contributed by atoms with E-state index in [9.17, 15) is 4.79 Å². The van der Waals surface area contributed by atoms with Crippen LogP contribution in [0.3, 0.4) is 0 Å². The number of fused-ring (bicyclic) bond motifs is 2. The Morgan fingerprint density at radius 1 is 1.29 bits per heavy atom. The van der Waals surface area contributed by atoms with Crippen LogP contribution in [0, 0.1) is 0 Å². The number of nitrogens with one attached hydrogen (secondary N) is 2. The predicted molar refractivity (Wildman–Crippen MR) is 53.2 cm³/mol. The van der Waals surface area contributed by atoms with Crippen molar-refractivity contribution in [2.45, 2.75) is 4.90 Å². The molecule has 2 N–H and O–H groups in total. The fourth-order valence-electron chi connectivity index (χ4n) is 1.42. The summed E-state index contributed by atoms with van der Waals surface area (Å²) in [5, 5.41) is 13.3. The number of anilines is 1.